The number of benzene rings is 1. The number of hydrogen-bond donors (Lipinski definition) is 1. The Morgan fingerprint density at radius 2 is 2.10 bits per heavy atom. The van der Waals surface area contributed by atoms with Crippen LogP contribution in [0.5, 0.6) is 5.75 Å². The predicted octanol–water partition coefficient (Wildman–Crippen LogP) is 3.07. The minimum absolute atomic E-state index is 0.417. The molecule has 2 heterocycles. The van der Waals surface area contributed by atoms with Crippen LogP contribution in [0.4, 0.5) is 0 Å². The van der Waals surface area contributed by atoms with Gasteiger partial charge in [-0.25, -0.2) is 4.68 Å². The van der Waals surface area contributed by atoms with Gasteiger partial charge in [0.2, 0.25) is 0 Å². The fourth-order valence-corrected chi connectivity index (χ4v) is 2.85. The molecular formula is C15H15N3OS. The molecule has 0 radical (unpaired) electrons. The van der Waals surface area contributed by atoms with E-state index in [-0.39, 0.29) is 0 Å². The maximum atomic E-state index is 5.73. The zero-order valence-electron chi connectivity index (χ0n) is 11.1. The molecule has 4 nitrogen and oxygen atoms in total. The molecule has 0 unspecified atom stereocenters. The minimum Gasteiger partial charge on any atom is -0.494 e. The minimum atomic E-state index is 0.417. The molecule has 102 valence electrons. The lowest BCUT2D eigenvalue weighted by molar-refractivity contribution is 0.412. The zero-order chi connectivity index (χ0) is 13.9. The predicted molar refractivity (Wildman–Crippen MR) is 81.3 cm³/mol. The van der Waals surface area contributed by atoms with Crippen molar-refractivity contribution in [3.05, 3.63) is 53.5 Å². The molecule has 0 aliphatic carbocycles. The van der Waals surface area contributed by atoms with Crippen molar-refractivity contribution < 1.29 is 4.74 Å². The van der Waals surface area contributed by atoms with Gasteiger partial charge >= 0.3 is 0 Å². The van der Waals surface area contributed by atoms with Crippen LogP contribution in [0.1, 0.15) is 5.69 Å². The third kappa shape index (κ3) is 2.21. The summed E-state index contributed by atoms with van der Waals surface area (Å²) in [5, 5.41) is 6.63. The third-order valence-corrected chi connectivity index (χ3v) is 3.95. The second-order valence-corrected chi connectivity index (χ2v) is 5.23. The summed E-state index contributed by atoms with van der Waals surface area (Å²) in [7, 11) is 1.66. The topological polar surface area (TPSA) is 53.1 Å². The largest absolute Gasteiger partial charge is 0.494 e. The molecule has 0 saturated carbocycles. The van der Waals surface area contributed by atoms with Crippen LogP contribution in [0.25, 0.3) is 16.3 Å². The van der Waals surface area contributed by atoms with E-state index in [0.29, 0.717) is 6.54 Å². The van der Waals surface area contributed by atoms with Crippen molar-refractivity contribution in [3.63, 3.8) is 0 Å². The van der Waals surface area contributed by atoms with E-state index in [1.807, 2.05) is 41.1 Å². The summed E-state index contributed by atoms with van der Waals surface area (Å²) in [6.07, 6.45) is 0. The molecule has 2 N–H and O–H groups in total. The highest BCUT2D eigenvalue weighted by atomic mass is 32.1. The molecule has 20 heavy (non-hydrogen) atoms. The van der Waals surface area contributed by atoms with Gasteiger partial charge in [-0.05, 0) is 29.6 Å². The van der Waals surface area contributed by atoms with E-state index in [9.17, 15) is 0 Å². The number of nitrogens with two attached hydrogens (primary N) is 1. The van der Waals surface area contributed by atoms with E-state index < -0.39 is 0 Å². The molecule has 0 spiro atoms. The zero-order valence-corrected chi connectivity index (χ0v) is 11.9. The quantitative estimate of drug-likeness (QED) is 0.801. The van der Waals surface area contributed by atoms with Gasteiger partial charge in [0.05, 0.1) is 23.4 Å². The van der Waals surface area contributed by atoms with Crippen molar-refractivity contribution >= 4 is 11.3 Å². The summed E-state index contributed by atoms with van der Waals surface area (Å²) < 4.78 is 7.32. The Balaban J connectivity index is 2.20. The second kappa shape index (κ2) is 5.48. The Labute approximate surface area is 121 Å². The van der Waals surface area contributed by atoms with Gasteiger partial charge in [-0.15, -0.1) is 11.3 Å². The van der Waals surface area contributed by atoms with Crippen LogP contribution in [-0.2, 0) is 6.54 Å². The highest BCUT2D eigenvalue weighted by molar-refractivity contribution is 7.13. The third-order valence-electron chi connectivity index (χ3n) is 3.06. The van der Waals surface area contributed by atoms with Gasteiger partial charge in [-0.2, -0.15) is 5.10 Å². The van der Waals surface area contributed by atoms with Gasteiger partial charge in [0.25, 0.3) is 0 Å². The number of rotatable bonds is 4. The van der Waals surface area contributed by atoms with E-state index >= 15 is 0 Å². The Morgan fingerprint density at radius 3 is 2.80 bits per heavy atom. The molecule has 5 heteroatoms. The molecule has 1 aromatic carbocycles. The first kappa shape index (κ1) is 12.9. The van der Waals surface area contributed by atoms with Crippen LogP contribution >= 0.6 is 11.3 Å². The van der Waals surface area contributed by atoms with E-state index in [4.69, 9.17) is 10.5 Å². The first-order chi connectivity index (χ1) is 9.83. The second-order valence-electron chi connectivity index (χ2n) is 4.29. The van der Waals surface area contributed by atoms with Crippen LogP contribution in [0, 0.1) is 0 Å². The standard InChI is InChI=1S/C15H15N3OS/c1-19-14-6-3-2-5-12(14)18-13(9-11(10-16)17-18)15-7-4-8-20-15/h2-9H,10,16H2,1H3. The lowest BCUT2D eigenvalue weighted by Gasteiger charge is -2.10. The Kier molecular flexibility index (Phi) is 3.54. The van der Waals surface area contributed by atoms with Crippen LogP contribution in [-0.4, -0.2) is 16.9 Å². The summed E-state index contributed by atoms with van der Waals surface area (Å²) in [5.74, 6) is 0.789. The molecule has 0 aliphatic heterocycles. The van der Waals surface area contributed by atoms with E-state index in [1.165, 1.54) is 0 Å². The molecule has 0 saturated heterocycles. The maximum absolute atomic E-state index is 5.73. The maximum Gasteiger partial charge on any atom is 0.144 e. The number of aromatic nitrogens is 2. The first-order valence-electron chi connectivity index (χ1n) is 6.29. The number of thiophene rings is 1. The summed E-state index contributed by atoms with van der Waals surface area (Å²) in [6.45, 7) is 0.417. The molecule has 3 aromatic rings. The van der Waals surface area contributed by atoms with E-state index in [1.54, 1.807) is 18.4 Å². The van der Waals surface area contributed by atoms with Crippen molar-refractivity contribution in [1.82, 2.24) is 9.78 Å². The fourth-order valence-electron chi connectivity index (χ4n) is 2.12. The number of para-hydroxylation sites is 2. The van der Waals surface area contributed by atoms with Crippen molar-refractivity contribution in [2.75, 3.05) is 7.11 Å². The summed E-state index contributed by atoms with van der Waals surface area (Å²) >= 11 is 1.68. The van der Waals surface area contributed by atoms with E-state index in [2.05, 4.69) is 16.5 Å². The van der Waals surface area contributed by atoms with Gasteiger partial charge in [-0.1, -0.05) is 18.2 Å². The number of ether oxygens (including phenoxy) is 1. The van der Waals surface area contributed by atoms with Crippen LogP contribution < -0.4 is 10.5 Å². The SMILES string of the molecule is COc1ccccc1-n1nc(CN)cc1-c1cccs1. The number of hydrogen-bond acceptors (Lipinski definition) is 4. The van der Waals surface area contributed by atoms with Gasteiger partial charge in [0.15, 0.2) is 0 Å². The average Bonchev–Trinajstić information content (AvgIpc) is 3.15. The van der Waals surface area contributed by atoms with Crippen LogP contribution in [0.3, 0.4) is 0 Å². The summed E-state index contributed by atoms with van der Waals surface area (Å²) in [4.78, 5) is 1.16. The van der Waals surface area contributed by atoms with Crippen molar-refractivity contribution in [2.24, 2.45) is 5.73 Å². The van der Waals surface area contributed by atoms with Gasteiger partial charge in [-0.3, -0.25) is 0 Å². The monoisotopic (exact) mass is 285 g/mol. The Bertz CT molecular complexity index is 704. The molecule has 2 aromatic heterocycles. The molecule has 0 fully saturated rings. The van der Waals surface area contributed by atoms with E-state index in [0.717, 1.165) is 27.7 Å². The van der Waals surface area contributed by atoms with Gasteiger partial charge in [0.1, 0.15) is 11.4 Å². The Hall–Kier alpha value is -2.11. The lowest BCUT2D eigenvalue weighted by Crippen LogP contribution is -2.03. The molecule has 0 bridgehead atoms. The normalized spacial score (nSPS) is 10.7. The average molecular weight is 285 g/mol. The molecule has 0 amide bonds. The number of methoxy groups -OCH3 is 1. The van der Waals surface area contributed by atoms with Crippen molar-refractivity contribution in [2.45, 2.75) is 6.54 Å². The first-order valence-corrected chi connectivity index (χ1v) is 7.17. The lowest BCUT2D eigenvalue weighted by atomic mass is 10.2. The van der Waals surface area contributed by atoms with Gasteiger partial charge < -0.3 is 10.5 Å². The van der Waals surface area contributed by atoms with Gasteiger partial charge in [0, 0.05) is 6.54 Å². The smallest absolute Gasteiger partial charge is 0.144 e. The fraction of sp³-hybridized carbons (Fsp3) is 0.133. The molecule has 0 aliphatic rings. The molecular weight excluding hydrogens is 270 g/mol. The highest BCUT2D eigenvalue weighted by Crippen LogP contribution is 2.31. The van der Waals surface area contributed by atoms with Crippen LogP contribution in [0.2, 0.25) is 0 Å². The molecule has 0 atom stereocenters. The van der Waals surface area contributed by atoms with Crippen molar-refractivity contribution in [3.8, 4) is 22.0 Å². The highest BCUT2D eigenvalue weighted by Gasteiger charge is 2.14. The summed E-state index contributed by atoms with van der Waals surface area (Å²) in [5.41, 5.74) is 8.54. The summed E-state index contributed by atoms with van der Waals surface area (Å²) in [6, 6.07) is 14.0. The number of nitrogens with zero attached hydrogens (tertiary/aromatic N) is 2. The van der Waals surface area contributed by atoms with Crippen LogP contribution in [0.15, 0.2) is 47.8 Å². The molecule has 3 rings (SSSR count). The Morgan fingerprint density at radius 1 is 1.25 bits per heavy atom. The van der Waals surface area contributed by atoms with Crippen molar-refractivity contribution in [1.29, 1.82) is 0 Å².